The van der Waals surface area contributed by atoms with Crippen molar-refractivity contribution in [3.63, 3.8) is 0 Å². The fraction of sp³-hybridized carbons (Fsp3) is 0.500. The SMILES string of the molecule is CCNC(=O)C(C)NCC(O)c1ccc(OC)cc1. The molecule has 0 heterocycles. The first-order valence-corrected chi connectivity index (χ1v) is 6.41. The van der Waals surface area contributed by atoms with Gasteiger partial charge in [-0.2, -0.15) is 0 Å². The van der Waals surface area contributed by atoms with Crippen LogP contribution >= 0.6 is 0 Å². The summed E-state index contributed by atoms with van der Waals surface area (Å²) in [5.74, 6) is 0.684. The van der Waals surface area contributed by atoms with E-state index < -0.39 is 6.10 Å². The highest BCUT2D eigenvalue weighted by atomic mass is 16.5. The first kappa shape index (κ1) is 15.5. The molecule has 1 rings (SSSR count). The predicted octanol–water partition coefficient (Wildman–Crippen LogP) is 0.843. The van der Waals surface area contributed by atoms with Gasteiger partial charge in [-0.15, -0.1) is 0 Å². The van der Waals surface area contributed by atoms with Crippen LogP contribution in [-0.4, -0.2) is 37.3 Å². The van der Waals surface area contributed by atoms with E-state index in [4.69, 9.17) is 4.74 Å². The van der Waals surface area contributed by atoms with E-state index >= 15 is 0 Å². The van der Waals surface area contributed by atoms with E-state index in [0.717, 1.165) is 11.3 Å². The van der Waals surface area contributed by atoms with E-state index in [2.05, 4.69) is 10.6 Å². The summed E-state index contributed by atoms with van der Waals surface area (Å²) in [6.45, 7) is 4.57. The number of likely N-dealkylation sites (N-methyl/N-ethyl adjacent to an activating group) is 1. The smallest absolute Gasteiger partial charge is 0.236 e. The van der Waals surface area contributed by atoms with Crippen molar-refractivity contribution in [3.8, 4) is 5.75 Å². The fourth-order valence-electron chi connectivity index (χ4n) is 1.65. The molecule has 1 aromatic rings. The van der Waals surface area contributed by atoms with Gasteiger partial charge in [0.2, 0.25) is 5.91 Å². The van der Waals surface area contributed by atoms with Gasteiger partial charge in [-0.3, -0.25) is 4.79 Å². The van der Waals surface area contributed by atoms with Crippen LogP contribution in [0.25, 0.3) is 0 Å². The second kappa shape index (κ2) is 7.76. The lowest BCUT2D eigenvalue weighted by Crippen LogP contribution is -2.43. The minimum absolute atomic E-state index is 0.0653. The van der Waals surface area contributed by atoms with Crippen molar-refractivity contribution >= 4 is 5.91 Å². The molecule has 5 heteroatoms. The number of carbonyl (C=O) groups is 1. The summed E-state index contributed by atoms with van der Waals surface area (Å²) in [7, 11) is 1.60. The van der Waals surface area contributed by atoms with Crippen molar-refractivity contribution in [2.24, 2.45) is 0 Å². The Labute approximate surface area is 114 Å². The normalized spacial score (nSPS) is 13.7. The molecule has 106 valence electrons. The molecule has 1 aromatic carbocycles. The zero-order chi connectivity index (χ0) is 14.3. The number of rotatable bonds is 7. The average Bonchev–Trinajstić information content (AvgIpc) is 2.44. The maximum Gasteiger partial charge on any atom is 0.236 e. The molecule has 19 heavy (non-hydrogen) atoms. The number of amides is 1. The highest BCUT2D eigenvalue weighted by Gasteiger charge is 2.14. The predicted molar refractivity (Wildman–Crippen MR) is 74.1 cm³/mol. The summed E-state index contributed by atoms with van der Waals surface area (Å²) in [4.78, 5) is 11.5. The van der Waals surface area contributed by atoms with Gasteiger partial charge in [0.05, 0.1) is 19.3 Å². The standard InChI is InChI=1S/C14H22N2O3/c1-4-15-14(18)10(2)16-9-13(17)11-5-7-12(19-3)8-6-11/h5-8,10,13,16-17H,4,9H2,1-3H3,(H,15,18). The van der Waals surface area contributed by atoms with Gasteiger partial charge in [0.1, 0.15) is 5.75 Å². The van der Waals surface area contributed by atoms with Crippen molar-refractivity contribution < 1.29 is 14.6 Å². The van der Waals surface area contributed by atoms with Crippen LogP contribution in [0.4, 0.5) is 0 Å². The molecule has 0 aliphatic rings. The first-order valence-electron chi connectivity index (χ1n) is 6.41. The number of hydrogen-bond donors (Lipinski definition) is 3. The summed E-state index contributed by atoms with van der Waals surface area (Å²) in [5, 5.41) is 15.7. The van der Waals surface area contributed by atoms with Crippen LogP contribution in [0, 0.1) is 0 Å². The average molecular weight is 266 g/mol. The number of hydrogen-bond acceptors (Lipinski definition) is 4. The zero-order valence-corrected chi connectivity index (χ0v) is 11.6. The van der Waals surface area contributed by atoms with E-state index in [9.17, 15) is 9.90 Å². The van der Waals surface area contributed by atoms with Gasteiger partial charge in [-0.05, 0) is 31.5 Å². The number of benzene rings is 1. The van der Waals surface area contributed by atoms with Gasteiger partial charge in [0, 0.05) is 13.1 Å². The monoisotopic (exact) mass is 266 g/mol. The molecule has 0 spiro atoms. The summed E-state index contributed by atoms with van der Waals surface area (Å²) in [6, 6.07) is 6.88. The lowest BCUT2D eigenvalue weighted by molar-refractivity contribution is -0.122. The lowest BCUT2D eigenvalue weighted by atomic mass is 10.1. The largest absolute Gasteiger partial charge is 0.497 e. The number of methoxy groups -OCH3 is 1. The molecule has 0 aliphatic carbocycles. The van der Waals surface area contributed by atoms with E-state index in [1.807, 2.05) is 19.1 Å². The molecule has 0 radical (unpaired) electrons. The van der Waals surface area contributed by atoms with Gasteiger partial charge in [-0.25, -0.2) is 0 Å². The van der Waals surface area contributed by atoms with Crippen LogP contribution in [0.1, 0.15) is 25.5 Å². The molecule has 0 fully saturated rings. The van der Waals surface area contributed by atoms with Gasteiger partial charge >= 0.3 is 0 Å². The number of aliphatic hydroxyl groups excluding tert-OH is 1. The highest BCUT2D eigenvalue weighted by molar-refractivity contribution is 5.81. The van der Waals surface area contributed by atoms with Crippen LogP contribution in [-0.2, 0) is 4.79 Å². The third-order valence-corrected chi connectivity index (χ3v) is 2.86. The molecule has 2 atom stereocenters. The summed E-state index contributed by atoms with van der Waals surface area (Å²) in [6.07, 6.45) is -0.650. The molecule has 0 aromatic heterocycles. The Bertz CT molecular complexity index is 392. The molecule has 3 N–H and O–H groups in total. The lowest BCUT2D eigenvalue weighted by Gasteiger charge is -2.17. The summed E-state index contributed by atoms with van der Waals surface area (Å²) in [5.41, 5.74) is 0.788. The Kier molecular flexibility index (Phi) is 6.32. The van der Waals surface area contributed by atoms with Crippen LogP contribution in [0.5, 0.6) is 5.75 Å². The number of aliphatic hydroxyl groups is 1. The Morgan fingerprint density at radius 2 is 2.00 bits per heavy atom. The first-order chi connectivity index (χ1) is 9.08. The molecule has 2 unspecified atom stereocenters. The zero-order valence-electron chi connectivity index (χ0n) is 11.6. The molecular formula is C14H22N2O3. The van der Waals surface area contributed by atoms with E-state index in [0.29, 0.717) is 13.1 Å². The molecule has 0 saturated carbocycles. The summed E-state index contributed by atoms with van der Waals surface area (Å²) < 4.78 is 5.06. The quantitative estimate of drug-likeness (QED) is 0.684. The Balaban J connectivity index is 2.45. The number of nitrogens with one attached hydrogen (secondary N) is 2. The van der Waals surface area contributed by atoms with Gasteiger partial charge in [0.25, 0.3) is 0 Å². The number of carbonyl (C=O) groups excluding carboxylic acids is 1. The minimum atomic E-state index is -0.650. The summed E-state index contributed by atoms with van der Waals surface area (Å²) >= 11 is 0. The maximum absolute atomic E-state index is 11.5. The van der Waals surface area contributed by atoms with Crippen LogP contribution < -0.4 is 15.4 Å². The van der Waals surface area contributed by atoms with Crippen molar-refractivity contribution in [2.75, 3.05) is 20.2 Å². The third-order valence-electron chi connectivity index (χ3n) is 2.86. The second-order valence-corrected chi connectivity index (χ2v) is 4.31. The Hall–Kier alpha value is -1.59. The molecule has 1 amide bonds. The Morgan fingerprint density at radius 1 is 1.37 bits per heavy atom. The highest BCUT2D eigenvalue weighted by Crippen LogP contribution is 2.16. The van der Waals surface area contributed by atoms with Gasteiger partial charge in [-0.1, -0.05) is 12.1 Å². The molecule has 0 bridgehead atoms. The molecular weight excluding hydrogens is 244 g/mol. The van der Waals surface area contributed by atoms with E-state index in [-0.39, 0.29) is 11.9 Å². The minimum Gasteiger partial charge on any atom is -0.497 e. The van der Waals surface area contributed by atoms with Crippen molar-refractivity contribution in [3.05, 3.63) is 29.8 Å². The number of ether oxygens (including phenoxy) is 1. The van der Waals surface area contributed by atoms with Crippen LogP contribution in [0.2, 0.25) is 0 Å². The van der Waals surface area contributed by atoms with Gasteiger partial charge in [0.15, 0.2) is 0 Å². The van der Waals surface area contributed by atoms with Crippen molar-refractivity contribution in [2.45, 2.75) is 26.0 Å². The third kappa shape index (κ3) is 4.89. The maximum atomic E-state index is 11.5. The van der Waals surface area contributed by atoms with Crippen molar-refractivity contribution in [1.29, 1.82) is 0 Å². The second-order valence-electron chi connectivity index (χ2n) is 4.31. The van der Waals surface area contributed by atoms with E-state index in [1.165, 1.54) is 0 Å². The van der Waals surface area contributed by atoms with Crippen LogP contribution in [0.15, 0.2) is 24.3 Å². The topological polar surface area (TPSA) is 70.6 Å². The molecule has 5 nitrogen and oxygen atoms in total. The molecule has 0 aliphatic heterocycles. The van der Waals surface area contributed by atoms with Gasteiger partial charge < -0.3 is 20.5 Å². The Morgan fingerprint density at radius 3 is 2.53 bits per heavy atom. The van der Waals surface area contributed by atoms with E-state index in [1.54, 1.807) is 26.2 Å². The van der Waals surface area contributed by atoms with Crippen molar-refractivity contribution in [1.82, 2.24) is 10.6 Å². The fourth-order valence-corrected chi connectivity index (χ4v) is 1.65. The van der Waals surface area contributed by atoms with Crippen LogP contribution in [0.3, 0.4) is 0 Å². The molecule has 0 saturated heterocycles.